The van der Waals surface area contributed by atoms with E-state index in [1.165, 1.54) is 6.07 Å². The molecule has 0 radical (unpaired) electrons. The van der Waals surface area contributed by atoms with Crippen LogP contribution in [0.15, 0.2) is 21.7 Å². The maximum Gasteiger partial charge on any atom is 0.250 e. The predicted octanol–water partition coefficient (Wildman–Crippen LogP) is 0.191. The van der Waals surface area contributed by atoms with Crippen LogP contribution in [0.3, 0.4) is 0 Å². The first kappa shape index (κ1) is 14.1. The Kier molecular flexibility index (Phi) is 4.67. The van der Waals surface area contributed by atoms with Crippen molar-refractivity contribution in [3.63, 3.8) is 0 Å². The van der Waals surface area contributed by atoms with Gasteiger partial charge in [0.2, 0.25) is 0 Å². The average molecular weight is 276 g/mol. The van der Waals surface area contributed by atoms with Gasteiger partial charge in [0.05, 0.1) is 12.0 Å². The summed E-state index contributed by atoms with van der Waals surface area (Å²) in [6.07, 6.45) is 0.201. The molecule has 1 N–H and O–H groups in total. The molecule has 17 heavy (non-hydrogen) atoms. The van der Waals surface area contributed by atoms with Gasteiger partial charge in [-0.2, -0.15) is 0 Å². The number of carbonyl (C=O) groups is 1. The molecule has 1 unspecified atom stereocenters. The van der Waals surface area contributed by atoms with Crippen LogP contribution in [0.2, 0.25) is 0 Å². The Hall–Kier alpha value is -0.920. The van der Waals surface area contributed by atoms with E-state index < -0.39 is 22.0 Å². The monoisotopic (exact) mass is 276 g/mol. The number of sulfonamides is 1. The second-order valence-electron chi connectivity index (χ2n) is 4.05. The summed E-state index contributed by atoms with van der Waals surface area (Å²) in [5, 5.41) is 12.5. The summed E-state index contributed by atoms with van der Waals surface area (Å²) < 4.78 is 25.8. The molecule has 1 aromatic heterocycles. The van der Waals surface area contributed by atoms with Crippen molar-refractivity contribution in [2.75, 3.05) is 0 Å². The first-order chi connectivity index (χ1) is 7.83. The average Bonchev–Trinajstić information content (AvgIpc) is 2.68. The summed E-state index contributed by atoms with van der Waals surface area (Å²) in [4.78, 5) is 10.8. The number of thiophene rings is 1. The fraction of sp³-hybridized carbons (Fsp3) is 0.500. The van der Waals surface area contributed by atoms with Gasteiger partial charge in [-0.25, -0.2) is 13.1 Å². The van der Waals surface area contributed by atoms with E-state index in [4.69, 9.17) is 0 Å². The van der Waals surface area contributed by atoms with E-state index in [0.29, 0.717) is 0 Å². The molecule has 0 spiro atoms. The SMILES string of the molecule is CC(C)CC(NS(=O)(=O)c1cccs1)C(=O)[O-]. The summed E-state index contributed by atoms with van der Waals surface area (Å²) in [6, 6.07) is 1.83. The molecule has 0 aliphatic carbocycles. The van der Waals surface area contributed by atoms with E-state index in [9.17, 15) is 18.3 Å². The Morgan fingerprint density at radius 1 is 1.53 bits per heavy atom. The number of carbonyl (C=O) groups excluding carboxylic acids is 1. The zero-order valence-corrected chi connectivity index (χ0v) is 11.2. The number of rotatable bonds is 6. The summed E-state index contributed by atoms with van der Waals surface area (Å²) in [5.41, 5.74) is 0. The van der Waals surface area contributed by atoms with Crippen molar-refractivity contribution in [3.05, 3.63) is 17.5 Å². The molecule has 5 nitrogen and oxygen atoms in total. The van der Waals surface area contributed by atoms with Gasteiger partial charge in [0.15, 0.2) is 0 Å². The van der Waals surface area contributed by atoms with Gasteiger partial charge in [0.25, 0.3) is 10.0 Å². The zero-order chi connectivity index (χ0) is 13.1. The third-order valence-corrected chi connectivity index (χ3v) is 4.92. The lowest BCUT2D eigenvalue weighted by Gasteiger charge is -2.20. The molecule has 0 saturated heterocycles. The number of carboxylic acid groups (broad SMARTS) is 1. The molecule has 1 heterocycles. The van der Waals surface area contributed by atoms with E-state index in [0.717, 1.165) is 11.3 Å². The maximum absolute atomic E-state index is 11.8. The number of aliphatic carboxylic acids is 1. The van der Waals surface area contributed by atoms with Gasteiger partial charge < -0.3 is 9.90 Å². The summed E-state index contributed by atoms with van der Waals surface area (Å²) >= 11 is 1.04. The fourth-order valence-corrected chi connectivity index (χ4v) is 3.53. The lowest BCUT2D eigenvalue weighted by atomic mass is 10.1. The van der Waals surface area contributed by atoms with Crippen LogP contribution in [0.1, 0.15) is 20.3 Å². The zero-order valence-electron chi connectivity index (χ0n) is 9.54. The van der Waals surface area contributed by atoms with Crippen LogP contribution < -0.4 is 9.83 Å². The summed E-state index contributed by atoms with van der Waals surface area (Å²) in [6.45, 7) is 3.63. The van der Waals surface area contributed by atoms with Crippen molar-refractivity contribution in [1.82, 2.24) is 4.72 Å². The van der Waals surface area contributed by atoms with Crippen LogP contribution in [0.4, 0.5) is 0 Å². The van der Waals surface area contributed by atoms with E-state index in [2.05, 4.69) is 4.72 Å². The van der Waals surface area contributed by atoms with Crippen molar-refractivity contribution in [1.29, 1.82) is 0 Å². The maximum atomic E-state index is 11.8. The lowest BCUT2D eigenvalue weighted by Crippen LogP contribution is -2.48. The van der Waals surface area contributed by atoms with Crippen LogP contribution in [-0.4, -0.2) is 20.4 Å². The number of carboxylic acids is 1. The molecule has 0 bridgehead atoms. The van der Waals surface area contributed by atoms with E-state index in [1.807, 2.05) is 13.8 Å². The molecule has 0 aliphatic heterocycles. The highest BCUT2D eigenvalue weighted by Crippen LogP contribution is 2.17. The van der Waals surface area contributed by atoms with Crippen LogP contribution in [0.25, 0.3) is 0 Å². The molecule has 1 rings (SSSR count). The predicted molar refractivity (Wildman–Crippen MR) is 62.9 cm³/mol. The van der Waals surface area contributed by atoms with Gasteiger partial charge in [-0.05, 0) is 23.8 Å². The highest BCUT2D eigenvalue weighted by molar-refractivity contribution is 7.91. The third kappa shape index (κ3) is 4.10. The second kappa shape index (κ2) is 5.61. The summed E-state index contributed by atoms with van der Waals surface area (Å²) in [7, 11) is -3.76. The van der Waals surface area contributed by atoms with Crippen molar-refractivity contribution in [2.45, 2.75) is 30.5 Å². The molecule has 96 valence electrons. The van der Waals surface area contributed by atoms with Gasteiger partial charge >= 0.3 is 0 Å². The molecular formula is C10H14NO4S2-. The molecule has 1 atom stereocenters. The first-order valence-electron chi connectivity index (χ1n) is 5.09. The second-order valence-corrected chi connectivity index (χ2v) is 6.94. The third-order valence-electron chi connectivity index (χ3n) is 2.05. The Morgan fingerprint density at radius 3 is 2.59 bits per heavy atom. The highest BCUT2D eigenvalue weighted by atomic mass is 32.2. The van der Waals surface area contributed by atoms with Crippen LogP contribution in [-0.2, 0) is 14.8 Å². The minimum Gasteiger partial charge on any atom is -0.548 e. The van der Waals surface area contributed by atoms with Crippen LogP contribution in [0.5, 0.6) is 0 Å². The highest BCUT2D eigenvalue weighted by Gasteiger charge is 2.22. The fourth-order valence-electron chi connectivity index (χ4n) is 1.33. The molecule has 0 aromatic carbocycles. The number of hydrogen-bond donors (Lipinski definition) is 1. The Morgan fingerprint density at radius 2 is 2.18 bits per heavy atom. The molecular weight excluding hydrogens is 262 g/mol. The molecule has 7 heteroatoms. The Labute approximate surface area is 105 Å². The van der Waals surface area contributed by atoms with Gasteiger partial charge in [0, 0.05) is 0 Å². The Balaban J connectivity index is 2.84. The van der Waals surface area contributed by atoms with Crippen molar-refractivity contribution in [3.8, 4) is 0 Å². The first-order valence-corrected chi connectivity index (χ1v) is 7.46. The Bertz CT molecular complexity index is 465. The minimum absolute atomic E-state index is 0.0592. The van der Waals surface area contributed by atoms with Gasteiger partial charge in [-0.15, -0.1) is 11.3 Å². The van der Waals surface area contributed by atoms with E-state index in [1.54, 1.807) is 11.4 Å². The molecule has 0 amide bonds. The van der Waals surface area contributed by atoms with Crippen molar-refractivity contribution >= 4 is 27.3 Å². The van der Waals surface area contributed by atoms with E-state index >= 15 is 0 Å². The van der Waals surface area contributed by atoms with Crippen LogP contribution >= 0.6 is 11.3 Å². The van der Waals surface area contributed by atoms with Crippen molar-refractivity contribution < 1.29 is 18.3 Å². The number of nitrogens with one attached hydrogen (secondary N) is 1. The van der Waals surface area contributed by atoms with E-state index in [-0.39, 0.29) is 16.5 Å². The van der Waals surface area contributed by atoms with Crippen molar-refractivity contribution in [2.24, 2.45) is 5.92 Å². The molecule has 1 aromatic rings. The summed E-state index contributed by atoms with van der Waals surface area (Å²) in [5.74, 6) is -1.34. The van der Waals surface area contributed by atoms with Gasteiger partial charge in [-0.3, -0.25) is 0 Å². The smallest absolute Gasteiger partial charge is 0.250 e. The van der Waals surface area contributed by atoms with Gasteiger partial charge in [-0.1, -0.05) is 19.9 Å². The lowest BCUT2D eigenvalue weighted by molar-refractivity contribution is -0.308. The topological polar surface area (TPSA) is 86.3 Å². The molecule has 0 aliphatic rings. The normalized spacial score (nSPS) is 13.8. The molecule has 0 fully saturated rings. The number of hydrogen-bond acceptors (Lipinski definition) is 5. The standard InChI is InChI=1S/C10H15NO4S2/c1-7(2)6-8(10(12)13)11-17(14,15)9-4-3-5-16-9/h3-5,7-8,11H,6H2,1-2H3,(H,12,13)/p-1. The van der Waals surface area contributed by atoms with Crippen LogP contribution in [0, 0.1) is 5.92 Å². The van der Waals surface area contributed by atoms with Gasteiger partial charge in [0.1, 0.15) is 4.21 Å². The quantitative estimate of drug-likeness (QED) is 0.803. The minimum atomic E-state index is -3.76. The molecule has 0 saturated carbocycles. The largest absolute Gasteiger partial charge is 0.548 e.